The molecule has 0 amide bonds. The van der Waals surface area contributed by atoms with Crippen molar-refractivity contribution in [2.75, 3.05) is 48.0 Å². The van der Waals surface area contributed by atoms with Crippen LogP contribution < -0.4 is 33.7 Å². The van der Waals surface area contributed by atoms with Crippen LogP contribution in [0.25, 0.3) is 0 Å². The van der Waals surface area contributed by atoms with Crippen LogP contribution in [0, 0.1) is 0 Å². The van der Waals surface area contributed by atoms with Gasteiger partial charge in [-0.3, -0.25) is 4.79 Å². The smallest absolute Gasteiger partial charge is 0.226 e. The van der Waals surface area contributed by atoms with Gasteiger partial charge < -0.3 is 33.7 Å². The van der Waals surface area contributed by atoms with Crippen molar-refractivity contribution >= 4 is 11.7 Å². The predicted molar refractivity (Wildman–Crippen MR) is 138 cm³/mol. The molecule has 2 unspecified atom stereocenters. The van der Waals surface area contributed by atoms with E-state index < -0.39 is 6.04 Å². The van der Waals surface area contributed by atoms with E-state index >= 15 is 0 Å². The molecule has 200 valence electrons. The van der Waals surface area contributed by atoms with Crippen LogP contribution in [0.3, 0.4) is 0 Å². The minimum Gasteiger partial charge on any atom is -0.496 e. The van der Waals surface area contributed by atoms with Crippen molar-refractivity contribution in [1.29, 1.82) is 0 Å². The molecule has 5 rings (SSSR count). The number of nitrogens with one attached hydrogen (secondary N) is 1. The van der Waals surface area contributed by atoms with Crippen LogP contribution in [-0.4, -0.2) is 63.2 Å². The molecule has 0 spiro atoms. The van der Waals surface area contributed by atoms with Crippen LogP contribution in [0.5, 0.6) is 34.5 Å². The number of carbonyl (C=O) groups excluding carboxylic acids is 1. The fourth-order valence-corrected chi connectivity index (χ4v) is 5.28. The van der Waals surface area contributed by atoms with Crippen molar-refractivity contribution in [3.05, 3.63) is 53.0 Å². The van der Waals surface area contributed by atoms with Gasteiger partial charge in [-0.2, -0.15) is 10.1 Å². The lowest BCUT2D eigenvalue weighted by Gasteiger charge is -2.35. The molecule has 2 atom stereocenters. The summed E-state index contributed by atoms with van der Waals surface area (Å²) in [6.45, 7) is 0. The lowest BCUT2D eigenvalue weighted by molar-refractivity contribution is -0.116. The number of allylic oxidation sites excluding steroid dienone is 2. The van der Waals surface area contributed by atoms with Crippen molar-refractivity contribution in [3.63, 3.8) is 0 Å². The van der Waals surface area contributed by atoms with E-state index in [0.717, 1.165) is 11.3 Å². The highest BCUT2D eigenvalue weighted by Gasteiger charge is 2.41. The van der Waals surface area contributed by atoms with Gasteiger partial charge in [-0.25, -0.2) is 4.68 Å². The number of hydrogen-bond acceptors (Lipinski definition) is 10. The van der Waals surface area contributed by atoms with Gasteiger partial charge in [0.2, 0.25) is 11.7 Å². The summed E-state index contributed by atoms with van der Waals surface area (Å²) in [5.41, 5.74) is 3.01. The summed E-state index contributed by atoms with van der Waals surface area (Å²) < 4.78 is 35.0. The number of anilines is 1. The van der Waals surface area contributed by atoms with Crippen LogP contribution in [0.4, 0.5) is 5.95 Å². The second-order valence-corrected chi connectivity index (χ2v) is 8.88. The van der Waals surface area contributed by atoms with Gasteiger partial charge in [0.05, 0.1) is 42.7 Å². The minimum absolute atomic E-state index is 0.0134. The Morgan fingerprint density at radius 1 is 0.789 bits per heavy atom. The number of methoxy groups -OCH3 is 6. The number of carbonyl (C=O) groups is 1. The zero-order valence-corrected chi connectivity index (χ0v) is 22.2. The molecule has 3 aromatic rings. The first-order valence-corrected chi connectivity index (χ1v) is 12.0. The Labute approximate surface area is 220 Å². The Morgan fingerprint density at radius 2 is 1.42 bits per heavy atom. The lowest BCUT2D eigenvalue weighted by Crippen LogP contribution is -2.33. The molecule has 0 fully saturated rings. The average molecular weight is 523 g/mol. The summed E-state index contributed by atoms with van der Waals surface area (Å²) in [5, 5.41) is 7.78. The number of hydrogen-bond donors (Lipinski definition) is 1. The number of fused-ring (bicyclic) bond motifs is 1. The summed E-state index contributed by atoms with van der Waals surface area (Å²) in [6.07, 6.45) is 2.32. The van der Waals surface area contributed by atoms with Gasteiger partial charge in [0.25, 0.3) is 0 Å². The van der Waals surface area contributed by atoms with Crippen molar-refractivity contribution in [3.8, 4) is 34.5 Å². The first-order valence-electron chi connectivity index (χ1n) is 12.0. The molecule has 2 heterocycles. The summed E-state index contributed by atoms with van der Waals surface area (Å²) in [7, 11) is 9.41. The molecule has 2 aliphatic rings. The van der Waals surface area contributed by atoms with E-state index in [9.17, 15) is 4.79 Å². The predicted octanol–water partition coefficient (Wildman–Crippen LogP) is 3.75. The van der Waals surface area contributed by atoms with Gasteiger partial charge in [-0.15, -0.1) is 0 Å². The highest BCUT2D eigenvalue weighted by molar-refractivity contribution is 6.00. The van der Waals surface area contributed by atoms with E-state index in [1.165, 1.54) is 6.33 Å². The summed E-state index contributed by atoms with van der Waals surface area (Å²) in [4.78, 5) is 18.3. The molecule has 38 heavy (non-hydrogen) atoms. The second-order valence-electron chi connectivity index (χ2n) is 8.88. The third kappa shape index (κ3) is 4.04. The molecule has 11 heteroatoms. The summed E-state index contributed by atoms with van der Waals surface area (Å²) in [5.74, 6) is 3.57. The first-order chi connectivity index (χ1) is 18.5. The van der Waals surface area contributed by atoms with E-state index in [1.807, 2.05) is 18.2 Å². The monoisotopic (exact) mass is 522 g/mol. The van der Waals surface area contributed by atoms with Crippen LogP contribution in [0.1, 0.15) is 35.9 Å². The van der Waals surface area contributed by atoms with Crippen molar-refractivity contribution in [2.45, 2.75) is 24.8 Å². The topological polar surface area (TPSA) is 115 Å². The van der Waals surface area contributed by atoms with E-state index in [4.69, 9.17) is 28.4 Å². The molecular formula is C27H30N4O7. The summed E-state index contributed by atoms with van der Waals surface area (Å²) >= 11 is 0. The van der Waals surface area contributed by atoms with E-state index in [2.05, 4.69) is 15.4 Å². The minimum atomic E-state index is -0.563. The van der Waals surface area contributed by atoms with Gasteiger partial charge in [-0.1, -0.05) is 0 Å². The molecule has 0 saturated heterocycles. The van der Waals surface area contributed by atoms with Crippen molar-refractivity contribution in [2.24, 2.45) is 0 Å². The Kier molecular flexibility index (Phi) is 6.75. The molecule has 1 aliphatic carbocycles. The molecule has 1 aromatic heterocycles. The van der Waals surface area contributed by atoms with Crippen LogP contribution >= 0.6 is 0 Å². The van der Waals surface area contributed by atoms with E-state index in [0.29, 0.717) is 58.0 Å². The van der Waals surface area contributed by atoms with Crippen molar-refractivity contribution in [1.82, 2.24) is 14.8 Å². The molecule has 0 saturated carbocycles. The highest BCUT2D eigenvalue weighted by Crippen LogP contribution is 2.49. The third-order valence-electron chi connectivity index (χ3n) is 7.05. The molecular weight excluding hydrogens is 492 g/mol. The number of benzene rings is 2. The fourth-order valence-electron chi connectivity index (χ4n) is 5.28. The number of ether oxygens (including phenoxy) is 6. The summed E-state index contributed by atoms with van der Waals surface area (Å²) in [6, 6.07) is 6.80. The van der Waals surface area contributed by atoms with E-state index in [1.54, 1.807) is 53.4 Å². The largest absolute Gasteiger partial charge is 0.496 e. The van der Waals surface area contributed by atoms with Gasteiger partial charge in [-0.05, 0) is 36.1 Å². The molecule has 0 bridgehead atoms. The Balaban J connectivity index is 1.62. The SMILES string of the molecule is COc1cc(OC)c(C2C3=C(CC(c4cc(OC)c(OC)c(OC)c4)CC3=O)Nc3ncnn32)cc1OC. The third-order valence-corrected chi connectivity index (χ3v) is 7.05. The normalized spacial score (nSPS) is 18.2. The van der Waals surface area contributed by atoms with Gasteiger partial charge in [0, 0.05) is 29.3 Å². The zero-order valence-electron chi connectivity index (χ0n) is 22.2. The Hall–Kier alpha value is -4.41. The van der Waals surface area contributed by atoms with Crippen molar-refractivity contribution < 1.29 is 33.2 Å². The number of rotatable bonds is 8. The standard InChI is InChI=1S/C27H30N4O7/c1-33-19-12-21(35-3)20(34-2)11-16(19)25-24-17(30-27-28-13-29-31(25)27)7-14(8-18(24)32)15-9-22(36-4)26(38-6)23(10-15)37-5/h9-14,25H,7-8H2,1-6H3,(H,28,29,30). The molecule has 1 N–H and O–H groups in total. The first kappa shape index (κ1) is 25.2. The Morgan fingerprint density at radius 3 is 2.03 bits per heavy atom. The number of Topliss-reactive ketones (excluding diaryl/α,β-unsaturated/α-hetero) is 1. The van der Waals surface area contributed by atoms with Crippen LogP contribution in [-0.2, 0) is 4.79 Å². The van der Waals surface area contributed by atoms with Gasteiger partial charge in [0.15, 0.2) is 28.8 Å². The maximum atomic E-state index is 13.9. The van der Waals surface area contributed by atoms with Crippen LogP contribution in [0.15, 0.2) is 41.9 Å². The van der Waals surface area contributed by atoms with Crippen LogP contribution in [0.2, 0.25) is 0 Å². The molecule has 0 radical (unpaired) electrons. The lowest BCUT2D eigenvalue weighted by atomic mass is 9.77. The molecule has 11 nitrogen and oxygen atoms in total. The molecule has 2 aromatic carbocycles. The fraction of sp³-hybridized carbons (Fsp3) is 0.370. The second kappa shape index (κ2) is 10.2. The number of aromatic nitrogens is 3. The van der Waals surface area contributed by atoms with Gasteiger partial charge in [0.1, 0.15) is 18.1 Å². The molecule has 1 aliphatic heterocycles. The number of ketones is 1. The Bertz CT molecular complexity index is 1390. The van der Waals surface area contributed by atoms with Gasteiger partial charge >= 0.3 is 0 Å². The quantitative estimate of drug-likeness (QED) is 0.469. The number of nitrogens with zero attached hydrogens (tertiary/aromatic N) is 3. The van der Waals surface area contributed by atoms with E-state index in [-0.39, 0.29) is 18.1 Å². The zero-order chi connectivity index (χ0) is 27.0. The maximum absolute atomic E-state index is 13.9. The average Bonchev–Trinajstić information content (AvgIpc) is 3.42. The highest BCUT2D eigenvalue weighted by atomic mass is 16.5. The maximum Gasteiger partial charge on any atom is 0.226 e.